The minimum Gasteiger partial charge on any atom is -0.496 e. The molecule has 0 fully saturated rings. The van der Waals surface area contributed by atoms with E-state index in [2.05, 4.69) is 51.3 Å². The standard InChI is InChI=1S/C25H22FN3O/c1-30-24-8-7-18(26)15-21(24)20-9-12-27-25-22(20)16-23(28-25)17-10-13-29(14-11-17)19-5-3-2-4-6-19/h2-10,12,15-16H,11,13-14H2,1H3,(H,27,28). The van der Waals surface area contributed by atoms with Crippen molar-refractivity contribution in [3.8, 4) is 16.9 Å². The SMILES string of the molecule is COc1ccc(F)cc1-c1ccnc2[nH]c(C3=CCN(c4ccccc4)CC3)cc12. The summed E-state index contributed by atoms with van der Waals surface area (Å²) >= 11 is 0. The molecular weight excluding hydrogens is 377 g/mol. The number of anilines is 1. The predicted octanol–water partition coefficient (Wildman–Crippen LogP) is 5.67. The molecule has 3 heterocycles. The lowest BCUT2D eigenvalue weighted by molar-refractivity contribution is 0.415. The summed E-state index contributed by atoms with van der Waals surface area (Å²) < 4.78 is 19.4. The van der Waals surface area contributed by atoms with E-state index in [4.69, 9.17) is 4.74 Å². The Labute approximate surface area is 174 Å². The number of H-pyrrole nitrogens is 1. The third kappa shape index (κ3) is 3.32. The van der Waals surface area contributed by atoms with E-state index in [0.29, 0.717) is 5.75 Å². The number of aromatic amines is 1. The van der Waals surface area contributed by atoms with E-state index in [1.54, 1.807) is 19.4 Å². The number of benzene rings is 2. The fourth-order valence-electron chi connectivity index (χ4n) is 4.11. The van der Waals surface area contributed by atoms with Crippen molar-refractivity contribution < 1.29 is 9.13 Å². The third-order valence-corrected chi connectivity index (χ3v) is 5.66. The molecule has 0 spiro atoms. The molecule has 5 heteroatoms. The Morgan fingerprint density at radius 3 is 2.67 bits per heavy atom. The van der Waals surface area contributed by atoms with Crippen molar-refractivity contribution in [3.63, 3.8) is 0 Å². The Hall–Kier alpha value is -3.60. The number of nitrogens with zero attached hydrogens (tertiary/aromatic N) is 2. The van der Waals surface area contributed by atoms with Crippen molar-refractivity contribution in [2.24, 2.45) is 0 Å². The molecule has 5 rings (SSSR count). The second-order valence-electron chi connectivity index (χ2n) is 7.41. The number of aromatic nitrogens is 2. The van der Waals surface area contributed by atoms with Crippen molar-refractivity contribution in [2.45, 2.75) is 6.42 Å². The molecule has 2 aromatic carbocycles. The van der Waals surface area contributed by atoms with Crippen LogP contribution in [0.3, 0.4) is 0 Å². The van der Waals surface area contributed by atoms with E-state index in [1.165, 1.54) is 23.4 Å². The molecule has 0 bridgehead atoms. The van der Waals surface area contributed by atoms with Crippen LogP contribution >= 0.6 is 0 Å². The van der Waals surface area contributed by atoms with Gasteiger partial charge in [-0.3, -0.25) is 0 Å². The molecule has 1 aliphatic rings. The average molecular weight is 399 g/mol. The number of halogens is 1. The third-order valence-electron chi connectivity index (χ3n) is 5.66. The zero-order chi connectivity index (χ0) is 20.5. The number of hydrogen-bond donors (Lipinski definition) is 1. The van der Waals surface area contributed by atoms with E-state index in [0.717, 1.165) is 47.4 Å². The van der Waals surface area contributed by atoms with E-state index in [9.17, 15) is 4.39 Å². The lowest BCUT2D eigenvalue weighted by Crippen LogP contribution is -2.28. The Morgan fingerprint density at radius 1 is 1.03 bits per heavy atom. The fraction of sp³-hybridized carbons (Fsp3) is 0.160. The summed E-state index contributed by atoms with van der Waals surface area (Å²) in [6.45, 7) is 1.83. The molecule has 0 atom stereocenters. The molecule has 1 N–H and O–H groups in total. The number of nitrogens with one attached hydrogen (secondary N) is 1. The van der Waals surface area contributed by atoms with Gasteiger partial charge in [0, 0.05) is 41.6 Å². The van der Waals surface area contributed by atoms with E-state index < -0.39 is 0 Å². The van der Waals surface area contributed by atoms with Gasteiger partial charge in [-0.2, -0.15) is 0 Å². The molecular formula is C25H22FN3O. The molecule has 150 valence electrons. The molecule has 0 radical (unpaired) electrons. The summed E-state index contributed by atoms with van der Waals surface area (Å²) in [5.41, 5.74) is 6.00. The molecule has 4 nitrogen and oxygen atoms in total. The minimum absolute atomic E-state index is 0.289. The van der Waals surface area contributed by atoms with Gasteiger partial charge >= 0.3 is 0 Å². The summed E-state index contributed by atoms with van der Waals surface area (Å²) in [6.07, 6.45) is 4.96. The van der Waals surface area contributed by atoms with Gasteiger partial charge in [-0.25, -0.2) is 9.37 Å². The molecule has 0 saturated carbocycles. The van der Waals surface area contributed by atoms with Crippen molar-refractivity contribution in [1.82, 2.24) is 9.97 Å². The summed E-state index contributed by atoms with van der Waals surface area (Å²) in [4.78, 5) is 10.3. The summed E-state index contributed by atoms with van der Waals surface area (Å²) in [6, 6.07) is 19.1. The van der Waals surface area contributed by atoms with Crippen LogP contribution in [0.25, 0.3) is 27.7 Å². The molecule has 1 aliphatic heterocycles. The molecule has 0 saturated heterocycles. The second kappa shape index (κ2) is 7.67. The van der Waals surface area contributed by atoms with Crippen LogP contribution in [0.5, 0.6) is 5.75 Å². The van der Waals surface area contributed by atoms with Gasteiger partial charge in [-0.1, -0.05) is 24.3 Å². The summed E-state index contributed by atoms with van der Waals surface area (Å²) in [5, 5.41) is 0.961. The van der Waals surface area contributed by atoms with E-state index >= 15 is 0 Å². The number of rotatable bonds is 4. The highest BCUT2D eigenvalue weighted by molar-refractivity contribution is 5.96. The first-order valence-corrected chi connectivity index (χ1v) is 10.0. The van der Waals surface area contributed by atoms with Crippen LogP contribution in [0.15, 0.2) is 72.9 Å². The van der Waals surface area contributed by atoms with Crippen LogP contribution in [0.2, 0.25) is 0 Å². The first-order chi connectivity index (χ1) is 14.7. The lowest BCUT2D eigenvalue weighted by Gasteiger charge is -2.28. The Kier molecular flexibility index (Phi) is 4.71. The highest BCUT2D eigenvalue weighted by Crippen LogP contribution is 2.36. The van der Waals surface area contributed by atoms with Gasteiger partial charge in [0.1, 0.15) is 17.2 Å². The number of fused-ring (bicyclic) bond motifs is 1. The molecule has 2 aromatic heterocycles. The number of pyridine rings is 1. The van der Waals surface area contributed by atoms with Gasteiger partial charge < -0.3 is 14.6 Å². The summed E-state index contributed by atoms with van der Waals surface area (Å²) in [7, 11) is 1.60. The number of methoxy groups -OCH3 is 1. The van der Waals surface area contributed by atoms with E-state index in [1.807, 2.05) is 12.1 Å². The van der Waals surface area contributed by atoms with Gasteiger partial charge in [0.2, 0.25) is 0 Å². The van der Waals surface area contributed by atoms with Crippen LogP contribution in [0.4, 0.5) is 10.1 Å². The maximum absolute atomic E-state index is 13.9. The highest BCUT2D eigenvalue weighted by Gasteiger charge is 2.17. The molecule has 0 aliphatic carbocycles. The van der Waals surface area contributed by atoms with Gasteiger partial charge in [0.15, 0.2) is 0 Å². The fourth-order valence-corrected chi connectivity index (χ4v) is 4.11. The normalized spacial score (nSPS) is 14.1. The topological polar surface area (TPSA) is 41.1 Å². The Morgan fingerprint density at radius 2 is 1.90 bits per heavy atom. The Bertz CT molecular complexity index is 1230. The smallest absolute Gasteiger partial charge is 0.138 e. The Balaban J connectivity index is 1.51. The number of ether oxygens (including phenoxy) is 1. The summed E-state index contributed by atoms with van der Waals surface area (Å²) in [5.74, 6) is 0.351. The average Bonchev–Trinajstić information content (AvgIpc) is 3.24. The largest absolute Gasteiger partial charge is 0.496 e. The zero-order valence-corrected chi connectivity index (χ0v) is 16.7. The maximum atomic E-state index is 13.9. The first kappa shape index (κ1) is 18.4. The van der Waals surface area contributed by atoms with Gasteiger partial charge in [-0.15, -0.1) is 0 Å². The van der Waals surface area contributed by atoms with Crippen LogP contribution in [-0.4, -0.2) is 30.2 Å². The molecule has 0 amide bonds. The van der Waals surface area contributed by atoms with Crippen molar-refractivity contribution in [1.29, 1.82) is 0 Å². The second-order valence-corrected chi connectivity index (χ2v) is 7.41. The van der Waals surface area contributed by atoms with Crippen LogP contribution in [0.1, 0.15) is 12.1 Å². The lowest BCUT2D eigenvalue weighted by atomic mass is 10.0. The van der Waals surface area contributed by atoms with Crippen molar-refractivity contribution in [3.05, 3.63) is 84.4 Å². The number of hydrogen-bond acceptors (Lipinski definition) is 3. The van der Waals surface area contributed by atoms with Gasteiger partial charge in [0.05, 0.1) is 7.11 Å². The first-order valence-electron chi connectivity index (χ1n) is 10.0. The predicted molar refractivity (Wildman–Crippen MR) is 119 cm³/mol. The molecule has 30 heavy (non-hydrogen) atoms. The van der Waals surface area contributed by atoms with Crippen molar-refractivity contribution >= 4 is 22.3 Å². The minimum atomic E-state index is -0.289. The maximum Gasteiger partial charge on any atom is 0.138 e. The van der Waals surface area contributed by atoms with Crippen LogP contribution in [-0.2, 0) is 0 Å². The number of para-hydroxylation sites is 1. The highest BCUT2D eigenvalue weighted by atomic mass is 19.1. The molecule has 4 aromatic rings. The van der Waals surface area contributed by atoms with Gasteiger partial charge in [-0.05, 0) is 60.0 Å². The zero-order valence-electron chi connectivity index (χ0n) is 16.7. The monoisotopic (exact) mass is 399 g/mol. The van der Waals surface area contributed by atoms with Crippen LogP contribution in [0, 0.1) is 5.82 Å². The van der Waals surface area contributed by atoms with Crippen molar-refractivity contribution in [2.75, 3.05) is 25.1 Å². The van der Waals surface area contributed by atoms with Gasteiger partial charge in [0.25, 0.3) is 0 Å². The van der Waals surface area contributed by atoms with E-state index in [-0.39, 0.29) is 5.82 Å². The quantitative estimate of drug-likeness (QED) is 0.481. The van der Waals surface area contributed by atoms with Crippen LogP contribution < -0.4 is 9.64 Å². The molecule has 0 unspecified atom stereocenters.